The van der Waals surface area contributed by atoms with E-state index in [2.05, 4.69) is 46.8 Å². The molecule has 3 nitrogen and oxygen atoms in total. The Morgan fingerprint density at radius 1 is 0.660 bits per heavy atom. The number of thiophene rings is 3. The van der Waals surface area contributed by atoms with Crippen LogP contribution in [0.3, 0.4) is 0 Å². The molecule has 3 aromatic rings. The summed E-state index contributed by atoms with van der Waals surface area (Å²) in [4.78, 5) is 36.9. The number of rotatable bonds is 21. The highest BCUT2D eigenvalue weighted by Crippen LogP contribution is 2.49. The fraction of sp³-hybridized carbons (Fsp3) is 0.650. The summed E-state index contributed by atoms with van der Waals surface area (Å²) in [6.07, 6.45) is 20.1. The minimum absolute atomic E-state index is 0.0553. The molecule has 7 heteroatoms. The third-order valence-corrected chi connectivity index (χ3v) is 20.3. The van der Waals surface area contributed by atoms with Crippen LogP contribution in [0.4, 0.5) is 0 Å². The monoisotopic (exact) mass is 709 g/mol. The summed E-state index contributed by atoms with van der Waals surface area (Å²) in [5.74, 6) is 0.652. The Morgan fingerprint density at radius 3 is 1.94 bits per heavy atom. The second-order valence-electron chi connectivity index (χ2n) is 14.4. The Balaban J connectivity index is 1.48. The van der Waals surface area contributed by atoms with Gasteiger partial charge in [-0.3, -0.25) is 14.5 Å². The van der Waals surface area contributed by atoms with Gasteiger partial charge >= 0.3 is 0 Å². The molecule has 2 amide bonds. The van der Waals surface area contributed by atoms with Gasteiger partial charge in [0.1, 0.15) is 8.07 Å². The van der Waals surface area contributed by atoms with Crippen molar-refractivity contribution in [1.29, 1.82) is 0 Å². The zero-order valence-electron chi connectivity index (χ0n) is 30.2. The highest BCUT2D eigenvalue weighted by atomic mass is 32.1. The SMILES string of the molecule is CCCCCCCCN1C(=O)c2c(C)sc(-c3cc4c(s3)-c3sc(C)cc3[Si]4(CCCCCCCC)CC(CC)CCCC)c2C1=O. The second kappa shape index (κ2) is 16.9. The largest absolute Gasteiger partial charge is 0.274 e. The lowest BCUT2D eigenvalue weighted by Crippen LogP contribution is -2.55. The average Bonchev–Trinajstić information content (AvgIpc) is 3.84. The molecule has 2 unspecified atom stereocenters. The van der Waals surface area contributed by atoms with Gasteiger partial charge < -0.3 is 0 Å². The summed E-state index contributed by atoms with van der Waals surface area (Å²) in [5.41, 5.74) is 1.38. The lowest BCUT2D eigenvalue weighted by atomic mass is 10.0. The highest BCUT2D eigenvalue weighted by Gasteiger charge is 2.49. The molecule has 0 bridgehead atoms. The fourth-order valence-electron chi connectivity index (χ4n) is 8.24. The number of amides is 2. The summed E-state index contributed by atoms with van der Waals surface area (Å²) in [7, 11) is -2.00. The van der Waals surface area contributed by atoms with Crippen LogP contribution < -0.4 is 10.4 Å². The van der Waals surface area contributed by atoms with Crippen LogP contribution in [0.2, 0.25) is 12.1 Å². The first-order chi connectivity index (χ1) is 22.8. The van der Waals surface area contributed by atoms with Crippen molar-refractivity contribution in [3.05, 3.63) is 33.0 Å². The molecule has 2 aliphatic rings. The van der Waals surface area contributed by atoms with Gasteiger partial charge in [0.2, 0.25) is 0 Å². The topological polar surface area (TPSA) is 37.4 Å². The van der Waals surface area contributed by atoms with Gasteiger partial charge in [0.05, 0.1) is 16.0 Å². The van der Waals surface area contributed by atoms with Crippen LogP contribution in [0.1, 0.15) is 161 Å². The number of carbonyl (C=O) groups is 2. The van der Waals surface area contributed by atoms with Crippen LogP contribution in [-0.4, -0.2) is 31.3 Å². The first-order valence-corrected chi connectivity index (χ1v) is 23.9. The van der Waals surface area contributed by atoms with E-state index >= 15 is 0 Å². The lowest BCUT2D eigenvalue weighted by molar-refractivity contribution is 0.0651. The van der Waals surface area contributed by atoms with Gasteiger partial charge in [-0.15, -0.1) is 34.0 Å². The minimum Gasteiger partial charge on any atom is -0.274 e. The third kappa shape index (κ3) is 7.63. The quantitative estimate of drug-likeness (QED) is 0.0627. The van der Waals surface area contributed by atoms with E-state index in [4.69, 9.17) is 0 Å². The summed E-state index contributed by atoms with van der Waals surface area (Å²) in [5, 5.41) is 3.38. The van der Waals surface area contributed by atoms with Crippen LogP contribution >= 0.6 is 34.0 Å². The Bertz CT molecular complexity index is 1520. The van der Waals surface area contributed by atoms with E-state index in [9.17, 15) is 9.59 Å². The molecule has 2 aliphatic heterocycles. The predicted octanol–water partition coefficient (Wildman–Crippen LogP) is 12.2. The third-order valence-electron chi connectivity index (χ3n) is 10.9. The molecule has 2 atom stereocenters. The molecule has 5 heterocycles. The van der Waals surface area contributed by atoms with Crippen molar-refractivity contribution in [1.82, 2.24) is 4.90 Å². The molecule has 0 aromatic carbocycles. The summed E-state index contributed by atoms with van der Waals surface area (Å²) < 4.78 is 0. The van der Waals surface area contributed by atoms with E-state index in [1.165, 1.54) is 121 Å². The molecule has 0 N–H and O–H groups in total. The number of hydrogen-bond donors (Lipinski definition) is 0. The first kappa shape index (κ1) is 36.7. The van der Waals surface area contributed by atoms with E-state index in [0.717, 1.165) is 28.5 Å². The molecule has 3 aromatic heterocycles. The molecular weight excluding hydrogens is 651 g/mol. The number of nitrogens with zero attached hydrogens (tertiary/aromatic N) is 1. The van der Waals surface area contributed by atoms with E-state index in [-0.39, 0.29) is 11.8 Å². The van der Waals surface area contributed by atoms with Gasteiger partial charge in [-0.25, -0.2) is 0 Å². The zero-order valence-corrected chi connectivity index (χ0v) is 33.6. The predicted molar refractivity (Wildman–Crippen MR) is 210 cm³/mol. The van der Waals surface area contributed by atoms with Crippen LogP contribution in [0, 0.1) is 19.8 Å². The molecule has 0 fully saturated rings. The number of carbonyl (C=O) groups excluding carboxylic acids is 2. The van der Waals surface area contributed by atoms with Crippen molar-refractivity contribution in [3.8, 4) is 19.5 Å². The average molecular weight is 710 g/mol. The van der Waals surface area contributed by atoms with Gasteiger partial charge in [0, 0.05) is 30.9 Å². The molecule has 47 heavy (non-hydrogen) atoms. The van der Waals surface area contributed by atoms with Crippen molar-refractivity contribution >= 4 is 64.3 Å². The van der Waals surface area contributed by atoms with Crippen molar-refractivity contribution in [2.75, 3.05) is 6.54 Å². The second-order valence-corrected chi connectivity index (χ2v) is 22.1. The maximum Gasteiger partial charge on any atom is 0.263 e. The first-order valence-electron chi connectivity index (χ1n) is 19.1. The lowest BCUT2D eigenvalue weighted by Gasteiger charge is -2.33. The van der Waals surface area contributed by atoms with Crippen molar-refractivity contribution < 1.29 is 9.59 Å². The summed E-state index contributed by atoms with van der Waals surface area (Å²) in [6.45, 7) is 14.2. The van der Waals surface area contributed by atoms with Crippen molar-refractivity contribution in [3.63, 3.8) is 0 Å². The van der Waals surface area contributed by atoms with Crippen LogP contribution in [-0.2, 0) is 0 Å². The van der Waals surface area contributed by atoms with Gasteiger partial charge in [-0.05, 0) is 60.8 Å². The number of hydrogen-bond acceptors (Lipinski definition) is 5. The van der Waals surface area contributed by atoms with E-state index in [1.807, 2.05) is 29.6 Å². The van der Waals surface area contributed by atoms with E-state index in [1.54, 1.807) is 26.6 Å². The number of unbranched alkanes of at least 4 members (excludes halogenated alkanes) is 11. The maximum atomic E-state index is 13.9. The molecule has 0 saturated carbocycles. The van der Waals surface area contributed by atoms with E-state index < -0.39 is 8.07 Å². The van der Waals surface area contributed by atoms with Crippen LogP contribution in [0.5, 0.6) is 0 Å². The van der Waals surface area contributed by atoms with E-state index in [0.29, 0.717) is 17.7 Å². The number of fused-ring (bicyclic) bond motifs is 4. The Labute approximate surface area is 298 Å². The molecule has 0 saturated heterocycles. The van der Waals surface area contributed by atoms with Crippen LogP contribution in [0.15, 0.2) is 12.1 Å². The molecular formula is C40H59NO2S3Si. The summed E-state index contributed by atoms with van der Waals surface area (Å²) in [6, 6.07) is 7.82. The Morgan fingerprint density at radius 2 is 1.26 bits per heavy atom. The highest BCUT2D eigenvalue weighted by molar-refractivity contribution is 7.32. The maximum absolute atomic E-state index is 13.9. The van der Waals surface area contributed by atoms with Crippen molar-refractivity contribution in [2.45, 2.75) is 156 Å². The van der Waals surface area contributed by atoms with Gasteiger partial charge in [-0.2, -0.15) is 0 Å². The van der Waals surface area contributed by atoms with Gasteiger partial charge in [0.25, 0.3) is 11.8 Å². The van der Waals surface area contributed by atoms with Crippen LogP contribution in [0.25, 0.3) is 19.5 Å². The molecule has 0 aliphatic carbocycles. The molecule has 5 rings (SSSR count). The Hall–Kier alpha value is -1.54. The smallest absolute Gasteiger partial charge is 0.263 e. The fourth-order valence-corrected chi connectivity index (χ4v) is 19.3. The van der Waals surface area contributed by atoms with Crippen molar-refractivity contribution in [2.24, 2.45) is 5.92 Å². The minimum atomic E-state index is -2.00. The van der Waals surface area contributed by atoms with Gasteiger partial charge in [-0.1, -0.05) is 124 Å². The molecule has 0 spiro atoms. The molecule has 258 valence electrons. The zero-order chi connectivity index (χ0) is 33.6. The summed E-state index contributed by atoms with van der Waals surface area (Å²) >= 11 is 5.60. The standard InChI is InChI=1S/C40H59NO2S3Si/c1-7-11-14-16-18-20-23-41-39(42)34-29(6)45-36(35(34)40(41)43)31-26-33-38(46-31)37-32(25-28(5)44-37)47(33,24-21-19-17-15-12-8-2)27-30(10-4)22-13-9-3/h25-26,30H,7-24,27H2,1-6H3. The molecule has 0 radical (unpaired) electrons. The van der Waals surface area contributed by atoms with Gasteiger partial charge in [0.15, 0.2) is 0 Å². The number of imide groups is 1. The normalized spacial score (nSPS) is 17.5. The Kier molecular flexibility index (Phi) is 13.2. The number of aryl methyl sites for hydroxylation is 2.